The first-order valence-corrected chi connectivity index (χ1v) is 4.88. The summed E-state index contributed by atoms with van der Waals surface area (Å²) in [5.74, 6) is -0.976. The number of hydrogen-bond donors (Lipinski definition) is 3. The Bertz CT molecular complexity index is 408. The van der Waals surface area contributed by atoms with E-state index in [-0.39, 0.29) is 22.9 Å². The van der Waals surface area contributed by atoms with E-state index in [1.165, 1.54) is 19.2 Å². The molecule has 6 heteroatoms. The molecule has 0 spiro atoms. The highest BCUT2D eigenvalue weighted by molar-refractivity contribution is 6.33. The van der Waals surface area contributed by atoms with Crippen molar-refractivity contribution in [3.8, 4) is 11.5 Å². The van der Waals surface area contributed by atoms with Crippen LogP contribution in [0.25, 0.3) is 0 Å². The molecule has 88 valence electrons. The molecule has 0 amide bonds. The van der Waals surface area contributed by atoms with Crippen LogP contribution in [0.2, 0.25) is 5.02 Å². The monoisotopic (exact) mass is 245 g/mol. The van der Waals surface area contributed by atoms with Crippen LogP contribution in [0, 0.1) is 0 Å². The predicted octanol–water partition coefficient (Wildman–Crippen LogP) is 1.01. The maximum absolute atomic E-state index is 10.6. The molecule has 0 unspecified atom stereocenters. The number of carboxylic acid groups (broad SMARTS) is 1. The number of methoxy groups -OCH3 is 1. The van der Waals surface area contributed by atoms with Crippen molar-refractivity contribution in [3.63, 3.8) is 0 Å². The van der Waals surface area contributed by atoms with Gasteiger partial charge in [-0.1, -0.05) is 17.7 Å². The Hall–Kier alpha value is -1.46. The number of aromatic hydroxyl groups is 1. The molecule has 1 rings (SSSR count). The van der Waals surface area contributed by atoms with Gasteiger partial charge < -0.3 is 20.7 Å². The van der Waals surface area contributed by atoms with Gasteiger partial charge in [-0.15, -0.1) is 0 Å². The smallest absolute Gasteiger partial charge is 0.320 e. The Morgan fingerprint density at radius 2 is 2.25 bits per heavy atom. The summed E-state index contributed by atoms with van der Waals surface area (Å²) >= 11 is 5.80. The highest BCUT2D eigenvalue weighted by Crippen LogP contribution is 2.36. The van der Waals surface area contributed by atoms with Crippen LogP contribution in [0.15, 0.2) is 12.1 Å². The molecule has 1 aromatic rings. The van der Waals surface area contributed by atoms with Gasteiger partial charge in [0.25, 0.3) is 0 Å². The van der Waals surface area contributed by atoms with E-state index in [1.807, 2.05) is 0 Å². The molecule has 0 saturated heterocycles. The molecule has 0 bridgehead atoms. The summed E-state index contributed by atoms with van der Waals surface area (Å²) in [5, 5.41) is 18.1. The van der Waals surface area contributed by atoms with Crippen LogP contribution in [0.4, 0.5) is 0 Å². The fourth-order valence-corrected chi connectivity index (χ4v) is 1.55. The number of carboxylic acids is 1. The van der Waals surface area contributed by atoms with Crippen LogP contribution < -0.4 is 10.5 Å². The molecular weight excluding hydrogens is 234 g/mol. The summed E-state index contributed by atoms with van der Waals surface area (Å²) < 4.78 is 5.00. The number of benzene rings is 1. The summed E-state index contributed by atoms with van der Waals surface area (Å²) in [6.07, 6.45) is 0.0819. The molecule has 0 aliphatic heterocycles. The second-order valence-electron chi connectivity index (χ2n) is 3.24. The van der Waals surface area contributed by atoms with Crippen LogP contribution in [0.1, 0.15) is 5.56 Å². The maximum atomic E-state index is 10.6. The van der Waals surface area contributed by atoms with Gasteiger partial charge in [0.05, 0.1) is 7.11 Å². The predicted molar refractivity (Wildman–Crippen MR) is 59.0 cm³/mol. The number of rotatable bonds is 4. The minimum atomic E-state index is -1.11. The van der Waals surface area contributed by atoms with Crippen molar-refractivity contribution in [2.24, 2.45) is 5.73 Å². The Morgan fingerprint density at radius 3 is 2.75 bits per heavy atom. The van der Waals surface area contributed by atoms with Crippen molar-refractivity contribution in [2.75, 3.05) is 7.11 Å². The van der Waals surface area contributed by atoms with E-state index in [2.05, 4.69) is 0 Å². The van der Waals surface area contributed by atoms with E-state index in [1.54, 1.807) is 0 Å². The first-order chi connectivity index (χ1) is 7.47. The maximum Gasteiger partial charge on any atom is 0.320 e. The molecule has 16 heavy (non-hydrogen) atoms. The summed E-state index contributed by atoms with van der Waals surface area (Å²) in [7, 11) is 1.39. The third-order valence-electron chi connectivity index (χ3n) is 2.12. The third kappa shape index (κ3) is 2.56. The third-order valence-corrected chi connectivity index (χ3v) is 2.48. The van der Waals surface area contributed by atoms with E-state index >= 15 is 0 Å². The lowest BCUT2D eigenvalue weighted by Crippen LogP contribution is -2.32. The Kier molecular flexibility index (Phi) is 3.98. The zero-order valence-corrected chi connectivity index (χ0v) is 9.36. The molecule has 0 aromatic heterocycles. The number of hydrogen-bond acceptors (Lipinski definition) is 4. The molecule has 0 fully saturated rings. The van der Waals surface area contributed by atoms with Crippen molar-refractivity contribution in [1.29, 1.82) is 0 Å². The minimum absolute atomic E-state index is 0.0533. The van der Waals surface area contributed by atoms with Gasteiger partial charge in [0, 0.05) is 6.42 Å². The number of nitrogens with two attached hydrogens (primary N) is 1. The van der Waals surface area contributed by atoms with Gasteiger partial charge in [-0.05, 0) is 11.6 Å². The van der Waals surface area contributed by atoms with Gasteiger partial charge in [0.2, 0.25) is 0 Å². The lowest BCUT2D eigenvalue weighted by atomic mass is 10.1. The van der Waals surface area contributed by atoms with Crippen LogP contribution >= 0.6 is 11.6 Å². The largest absolute Gasteiger partial charge is 0.506 e. The summed E-state index contributed by atoms with van der Waals surface area (Å²) in [4.78, 5) is 10.6. The van der Waals surface area contributed by atoms with Gasteiger partial charge in [-0.3, -0.25) is 4.79 Å². The van der Waals surface area contributed by atoms with Crippen molar-refractivity contribution in [1.82, 2.24) is 0 Å². The number of phenols is 1. The Labute approximate surface area is 97.4 Å². The molecule has 0 aliphatic carbocycles. The van der Waals surface area contributed by atoms with Gasteiger partial charge >= 0.3 is 5.97 Å². The number of ether oxygens (including phenoxy) is 1. The summed E-state index contributed by atoms with van der Waals surface area (Å²) in [5.41, 5.74) is 5.94. The van der Waals surface area contributed by atoms with Gasteiger partial charge in [0.1, 0.15) is 22.6 Å². The zero-order valence-electron chi connectivity index (χ0n) is 8.61. The van der Waals surface area contributed by atoms with Crippen LogP contribution in [-0.4, -0.2) is 29.3 Å². The number of phenolic OH excluding ortho intramolecular Hbond substituents is 1. The van der Waals surface area contributed by atoms with Gasteiger partial charge in [0.15, 0.2) is 0 Å². The van der Waals surface area contributed by atoms with Gasteiger partial charge in [-0.2, -0.15) is 0 Å². The molecule has 0 aliphatic rings. The normalized spacial score (nSPS) is 12.2. The molecular formula is C10H12ClNO4. The van der Waals surface area contributed by atoms with E-state index in [0.717, 1.165) is 0 Å². The van der Waals surface area contributed by atoms with E-state index in [9.17, 15) is 9.90 Å². The first kappa shape index (κ1) is 12.6. The molecule has 4 N–H and O–H groups in total. The SMILES string of the molecule is COc1c(C[C@@H](N)C(=O)O)ccc(O)c1Cl. The fraction of sp³-hybridized carbons (Fsp3) is 0.300. The molecule has 0 heterocycles. The molecule has 0 saturated carbocycles. The quantitative estimate of drug-likeness (QED) is 0.736. The topological polar surface area (TPSA) is 92.8 Å². The zero-order chi connectivity index (χ0) is 12.3. The van der Waals surface area contributed by atoms with Crippen molar-refractivity contribution in [2.45, 2.75) is 12.5 Å². The lowest BCUT2D eigenvalue weighted by Gasteiger charge is -2.13. The van der Waals surface area contributed by atoms with Crippen LogP contribution in [0.5, 0.6) is 11.5 Å². The second kappa shape index (κ2) is 5.05. The van der Waals surface area contributed by atoms with Crippen LogP contribution in [0.3, 0.4) is 0 Å². The highest BCUT2D eigenvalue weighted by Gasteiger charge is 2.18. The Balaban J connectivity index is 3.05. The number of carbonyl (C=O) groups is 1. The number of halogens is 1. The lowest BCUT2D eigenvalue weighted by molar-refractivity contribution is -0.138. The highest BCUT2D eigenvalue weighted by atomic mass is 35.5. The summed E-state index contributed by atoms with van der Waals surface area (Å²) in [6.45, 7) is 0. The van der Waals surface area contributed by atoms with Crippen LogP contribution in [-0.2, 0) is 11.2 Å². The second-order valence-corrected chi connectivity index (χ2v) is 3.62. The number of aliphatic carboxylic acids is 1. The van der Waals surface area contributed by atoms with E-state index in [0.29, 0.717) is 5.56 Å². The molecule has 1 atom stereocenters. The molecule has 5 nitrogen and oxygen atoms in total. The average molecular weight is 246 g/mol. The first-order valence-electron chi connectivity index (χ1n) is 4.50. The fourth-order valence-electron chi connectivity index (χ4n) is 1.29. The standard InChI is InChI=1S/C10H12ClNO4/c1-16-9-5(4-6(12)10(14)15)2-3-7(13)8(9)11/h2-3,6,13H,4,12H2,1H3,(H,14,15)/t6-/m1/s1. The van der Waals surface area contributed by atoms with Gasteiger partial charge in [-0.25, -0.2) is 0 Å². The molecule has 1 aromatic carbocycles. The van der Waals surface area contributed by atoms with Crippen molar-refractivity contribution < 1.29 is 19.7 Å². The van der Waals surface area contributed by atoms with Crippen molar-refractivity contribution in [3.05, 3.63) is 22.7 Å². The average Bonchev–Trinajstić information content (AvgIpc) is 2.23. The van der Waals surface area contributed by atoms with E-state index < -0.39 is 12.0 Å². The van der Waals surface area contributed by atoms with Crippen molar-refractivity contribution >= 4 is 17.6 Å². The summed E-state index contributed by atoms with van der Waals surface area (Å²) in [6, 6.07) is 1.87. The minimum Gasteiger partial charge on any atom is -0.506 e. The van der Waals surface area contributed by atoms with E-state index in [4.69, 9.17) is 27.2 Å². The Morgan fingerprint density at radius 1 is 1.62 bits per heavy atom. The molecule has 0 radical (unpaired) electrons.